The van der Waals surface area contributed by atoms with E-state index >= 15 is 0 Å². The van der Waals surface area contributed by atoms with E-state index in [-0.39, 0.29) is 6.04 Å². The molecule has 1 N–H and O–H groups in total. The number of thioether (sulfide) groups is 1. The van der Waals surface area contributed by atoms with E-state index in [1.807, 2.05) is 18.2 Å². The lowest BCUT2D eigenvalue weighted by atomic mass is 10.1. The fraction of sp³-hybridized carbons (Fsp3) is 0.312. The molecule has 0 spiro atoms. The zero-order valence-electron chi connectivity index (χ0n) is 11.5. The van der Waals surface area contributed by atoms with Gasteiger partial charge < -0.3 is 10.0 Å². The topological polar surface area (TPSA) is 40.5 Å². The van der Waals surface area contributed by atoms with E-state index in [9.17, 15) is 4.79 Å². The number of nitrogens with zero attached hydrogens (tertiary/aromatic N) is 1. The molecule has 1 saturated heterocycles. The minimum absolute atomic E-state index is 0.133. The van der Waals surface area contributed by atoms with Crippen LogP contribution in [0.4, 0.5) is 4.79 Å². The van der Waals surface area contributed by atoms with E-state index in [4.69, 9.17) is 16.7 Å². The predicted octanol–water partition coefficient (Wildman–Crippen LogP) is 4.73. The van der Waals surface area contributed by atoms with Gasteiger partial charge in [-0.25, -0.2) is 4.79 Å². The lowest BCUT2D eigenvalue weighted by molar-refractivity contribution is 0.144. The predicted molar refractivity (Wildman–Crippen MR) is 87.4 cm³/mol. The van der Waals surface area contributed by atoms with Gasteiger partial charge in [-0.2, -0.15) is 0 Å². The van der Waals surface area contributed by atoms with Crippen molar-refractivity contribution in [1.29, 1.82) is 0 Å². The van der Waals surface area contributed by atoms with Crippen LogP contribution in [0.3, 0.4) is 0 Å². The number of likely N-dealkylation sites (tertiary alicyclic amines) is 1. The molecule has 21 heavy (non-hydrogen) atoms. The molecule has 110 valence electrons. The van der Waals surface area contributed by atoms with Gasteiger partial charge in [0.05, 0.1) is 0 Å². The van der Waals surface area contributed by atoms with Crippen molar-refractivity contribution in [2.24, 2.45) is 0 Å². The van der Waals surface area contributed by atoms with Crippen LogP contribution in [0.5, 0.6) is 0 Å². The van der Waals surface area contributed by atoms with Gasteiger partial charge in [0.2, 0.25) is 0 Å². The number of carboxylic acid groups (broad SMARTS) is 1. The van der Waals surface area contributed by atoms with E-state index in [1.165, 1.54) is 4.90 Å². The fourth-order valence-electron chi connectivity index (χ4n) is 2.74. The smallest absolute Gasteiger partial charge is 0.407 e. The highest BCUT2D eigenvalue weighted by atomic mass is 35.5. The lowest BCUT2D eigenvalue weighted by Crippen LogP contribution is -2.35. The Kier molecular flexibility index (Phi) is 4.27. The Morgan fingerprint density at radius 3 is 2.86 bits per heavy atom. The molecule has 1 unspecified atom stereocenters. The Hall–Kier alpha value is -1.39. The summed E-state index contributed by atoms with van der Waals surface area (Å²) in [7, 11) is 0. The summed E-state index contributed by atoms with van der Waals surface area (Å²) in [4.78, 5) is 13.9. The summed E-state index contributed by atoms with van der Waals surface area (Å²) in [5.74, 6) is 0.811. The van der Waals surface area contributed by atoms with Gasteiger partial charge in [-0.15, -0.1) is 11.8 Å². The summed E-state index contributed by atoms with van der Waals surface area (Å²) in [5.41, 5.74) is 0. The minimum atomic E-state index is -0.800. The average Bonchev–Trinajstić information content (AvgIpc) is 2.93. The number of fused-ring (bicyclic) bond motifs is 1. The maximum atomic E-state index is 11.1. The number of carbonyl (C=O) groups is 1. The first kappa shape index (κ1) is 14.5. The third kappa shape index (κ3) is 3.27. The van der Waals surface area contributed by atoms with Crippen LogP contribution in [-0.2, 0) is 0 Å². The molecule has 1 fully saturated rings. The molecule has 1 amide bonds. The number of halogens is 1. The first-order valence-electron chi connectivity index (χ1n) is 6.95. The van der Waals surface area contributed by atoms with Crippen molar-refractivity contribution in [2.75, 3.05) is 12.3 Å². The van der Waals surface area contributed by atoms with Crippen molar-refractivity contribution in [3.63, 3.8) is 0 Å². The average molecular weight is 322 g/mol. The Morgan fingerprint density at radius 1 is 1.29 bits per heavy atom. The molecule has 1 aliphatic heterocycles. The maximum Gasteiger partial charge on any atom is 0.407 e. The van der Waals surface area contributed by atoms with Crippen LogP contribution in [0.15, 0.2) is 41.3 Å². The van der Waals surface area contributed by atoms with Crippen LogP contribution in [-0.4, -0.2) is 34.4 Å². The molecule has 2 aromatic carbocycles. The lowest BCUT2D eigenvalue weighted by Gasteiger charge is -2.21. The van der Waals surface area contributed by atoms with Crippen molar-refractivity contribution < 1.29 is 9.90 Å². The maximum absolute atomic E-state index is 11.1. The van der Waals surface area contributed by atoms with Crippen LogP contribution in [0, 0.1) is 0 Å². The molecule has 0 radical (unpaired) electrons. The normalized spacial score (nSPS) is 18.3. The molecule has 2 aromatic rings. The Bertz CT molecular complexity index is 676. The zero-order valence-corrected chi connectivity index (χ0v) is 13.0. The molecule has 1 atom stereocenters. The number of amides is 1. The molecule has 0 aromatic heterocycles. The van der Waals surface area contributed by atoms with Crippen molar-refractivity contribution in [3.05, 3.63) is 41.4 Å². The van der Waals surface area contributed by atoms with Crippen LogP contribution in [0.1, 0.15) is 12.8 Å². The molecule has 0 aliphatic carbocycles. The molecule has 3 rings (SSSR count). The van der Waals surface area contributed by atoms with Gasteiger partial charge >= 0.3 is 6.09 Å². The van der Waals surface area contributed by atoms with E-state index < -0.39 is 6.09 Å². The number of hydrogen-bond donors (Lipinski definition) is 1. The molecule has 1 aliphatic rings. The molecule has 0 saturated carbocycles. The monoisotopic (exact) mass is 321 g/mol. The second kappa shape index (κ2) is 6.16. The van der Waals surface area contributed by atoms with Gasteiger partial charge in [-0.1, -0.05) is 23.7 Å². The third-order valence-corrected chi connectivity index (χ3v) is 5.21. The molecule has 5 heteroatoms. The quantitative estimate of drug-likeness (QED) is 0.831. The second-order valence-electron chi connectivity index (χ2n) is 5.24. The summed E-state index contributed by atoms with van der Waals surface area (Å²) in [5, 5.41) is 12.2. The van der Waals surface area contributed by atoms with Crippen molar-refractivity contribution in [3.8, 4) is 0 Å². The summed E-state index contributed by atoms with van der Waals surface area (Å²) >= 11 is 7.70. The van der Waals surface area contributed by atoms with Gasteiger partial charge in [-0.05, 0) is 47.9 Å². The second-order valence-corrected chi connectivity index (χ2v) is 6.77. The van der Waals surface area contributed by atoms with Crippen LogP contribution >= 0.6 is 23.4 Å². The minimum Gasteiger partial charge on any atom is -0.465 e. The molecule has 1 heterocycles. The highest BCUT2D eigenvalue weighted by molar-refractivity contribution is 7.99. The van der Waals surface area contributed by atoms with Gasteiger partial charge in [0.15, 0.2) is 0 Å². The van der Waals surface area contributed by atoms with E-state index in [2.05, 4.69) is 18.2 Å². The Balaban J connectivity index is 1.70. The number of hydrogen-bond acceptors (Lipinski definition) is 2. The van der Waals surface area contributed by atoms with Crippen molar-refractivity contribution in [2.45, 2.75) is 23.8 Å². The summed E-state index contributed by atoms with van der Waals surface area (Å²) in [6.45, 7) is 0.663. The summed E-state index contributed by atoms with van der Waals surface area (Å²) < 4.78 is 0. The highest BCUT2D eigenvalue weighted by Crippen LogP contribution is 2.29. The fourth-order valence-corrected chi connectivity index (χ4v) is 4.02. The molecular formula is C16H16ClNO2S. The number of benzene rings is 2. The number of rotatable bonds is 3. The van der Waals surface area contributed by atoms with Crippen LogP contribution in [0.2, 0.25) is 5.02 Å². The largest absolute Gasteiger partial charge is 0.465 e. The first-order valence-corrected chi connectivity index (χ1v) is 8.31. The van der Waals surface area contributed by atoms with E-state index in [0.29, 0.717) is 6.54 Å². The SMILES string of the molecule is O=C(O)N1CCCC1CSc1ccc2cc(Cl)ccc2c1. The van der Waals surface area contributed by atoms with Gasteiger partial charge in [0.1, 0.15) is 0 Å². The molecule has 0 bridgehead atoms. The van der Waals surface area contributed by atoms with Gasteiger partial charge in [0, 0.05) is 28.3 Å². The summed E-state index contributed by atoms with van der Waals surface area (Å²) in [6, 6.07) is 12.3. The standard InChI is InChI=1S/C16H16ClNO2S/c17-13-5-3-12-9-15(6-4-11(12)8-13)21-10-14-2-1-7-18(14)16(19)20/h3-6,8-9,14H,1-2,7,10H2,(H,19,20). The molecular weight excluding hydrogens is 306 g/mol. The first-order chi connectivity index (χ1) is 10.1. The zero-order chi connectivity index (χ0) is 14.8. The van der Waals surface area contributed by atoms with Crippen molar-refractivity contribution in [1.82, 2.24) is 4.90 Å². The van der Waals surface area contributed by atoms with Crippen LogP contribution < -0.4 is 0 Å². The van der Waals surface area contributed by atoms with Crippen molar-refractivity contribution >= 4 is 40.2 Å². The Morgan fingerprint density at radius 2 is 2.05 bits per heavy atom. The Labute approximate surface area is 132 Å². The summed E-state index contributed by atoms with van der Waals surface area (Å²) in [6.07, 6.45) is 1.13. The van der Waals surface area contributed by atoms with Gasteiger partial charge in [0.25, 0.3) is 0 Å². The molecule has 3 nitrogen and oxygen atoms in total. The van der Waals surface area contributed by atoms with Gasteiger partial charge in [-0.3, -0.25) is 0 Å². The van der Waals surface area contributed by atoms with E-state index in [0.717, 1.165) is 34.4 Å². The van der Waals surface area contributed by atoms with Crippen LogP contribution in [0.25, 0.3) is 10.8 Å². The highest BCUT2D eigenvalue weighted by Gasteiger charge is 2.28. The van der Waals surface area contributed by atoms with E-state index in [1.54, 1.807) is 16.7 Å². The third-order valence-electron chi connectivity index (χ3n) is 3.84.